The van der Waals surface area contributed by atoms with Crippen molar-refractivity contribution in [1.82, 2.24) is 20.2 Å². The zero-order valence-corrected chi connectivity index (χ0v) is 12.3. The molecule has 0 aliphatic heterocycles. The van der Waals surface area contributed by atoms with E-state index in [-0.39, 0.29) is 5.41 Å². The second-order valence-electron chi connectivity index (χ2n) is 6.42. The van der Waals surface area contributed by atoms with Gasteiger partial charge in [-0.1, -0.05) is 26.3 Å². The number of anilines is 1. The molecule has 1 fully saturated rings. The molecule has 1 unspecified atom stereocenters. The minimum absolute atomic E-state index is 0.234. The fourth-order valence-corrected chi connectivity index (χ4v) is 3.22. The number of hydrogen-bond donors (Lipinski definition) is 1. The van der Waals surface area contributed by atoms with Gasteiger partial charge in [-0.3, -0.25) is 0 Å². The van der Waals surface area contributed by atoms with E-state index in [0.717, 1.165) is 29.1 Å². The average Bonchev–Trinajstić information content (AvgIpc) is 2.97. The third kappa shape index (κ3) is 2.07. The smallest absolute Gasteiger partial charge is 0.182 e. The first kappa shape index (κ1) is 13.1. The molecule has 1 aromatic carbocycles. The fourth-order valence-electron chi connectivity index (χ4n) is 3.22. The SMILES string of the molecule is Cc1ccc(N)cc1-c1nnnn1C1CCCC1(C)C. The Morgan fingerprint density at radius 3 is 2.85 bits per heavy atom. The number of rotatable bonds is 2. The van der Waals surface area contributed by atoms with Crippen molar-refractivity contribution in [1.29, 1.82) is 0 Å². The summed E-state index contributed by atoms with van der Waals surface area (Å²) >= 11 is 0. The van der Waals surface area contributed by atoms with Crippen LogP contribution in [0.4, 0.5) is 5.69 Å². The van der Waals surface area contributed by atoms with E-state index in [1.807, 2.05) is 22.9 Å². The fraction of sp³-hybridized carbons (Fsp3) is 0.533. The summed E-state index contributed by atoms with van der Waals surface area (Å²) in [5, 5.41) is 12.4. The summed E-state index contributed by atoms with van der Waals surface area (Å²) in [4.78, 5) is 0. The quantitative estimate of drug-likeness (QED) is 0.852. The molecule has 2 aromatic rings. The molecular formula is C15H21N5. The first-order valence-corrected chi connectivity index (χ1v) is 7.13. The molecule has 0 spiro atoms. The number of nitrogen functional groups attached to an aromatic ring is 1. The highest BCUT2D eigenvalue weighted by atomic mass is 15.6. The van der Waals surface area contributed by atoms with E-state index < -0.39 is 0 Å². The van der Waals surface area contributed by atoms with Crippen LogP contribution in [0.1, 0.15) is 44.7 Å². The number of benzene rings is 1. The summed E-state index contributed by atoms with van der Waals surface area (Å²) < 4.78 is 1.99. The molecule has 20 heavy (non-hydrogen) atoms. The Morgan fingerprint density at radius 1 is 1.35 bits per heavy atom. The molecule has 5 nitrogen and oxygen atoms in total. The van der Waals surface area contributed by atoms with Gasteiger partial charge in [0, 0.05) is 11.3 Å². The summed E-state index contributed by atoms with van der Waals surface area (Å²) in [6, 6.07) is 6.24. The third-order valence-corrected chi connectivity index (χ3v) is 4.49. The van der Waals surface area contributed by atoms with Gasteiger partial charge in [0.25, 0.3) is 0 Å². The monoisotopic (exact) mass is 271 g/mol. The van der Waals surface area contributed by atoms with Crippen molar-refractivity contribution in [2.24, 2.45) is 5.41 Å². The van der Waals surface area contributed by atoms with Crippen molar-refractivity contribution in [3.63, 3.8) is 0 Å². The number of aromatic nitrogens is 4. The molecule has 3 rings (SSSR count). The van der Waals surface area contributed by atoms with Crippen molar-refractivity contribution < 1.29 is 0 Å². The molecule has 0 radical (unpaired) electrons. The summed E-state index contributed by atoms with van der Waals surface area (Å²) in [6.45, 7) is 6.65. The van der Waals surface area contributed by atoms with E-state index in [4.69, 9.17) is 5.73 Å². The molecule has 0 amide bonds. The second kappa shape index (κ2) is 4.58. The largest absolute Gasteiger partial charge is 0.399 e. The van der Waals surface area contributed by atoms with Gasteiger partial charge in [-0.05, 0) is 53.3 Å². The molecule has 5 heteroatoms. The van der Waals surface area contributed by atoms with Crippen LogP contribution < -0.4 is 5.73 Å². The Morgan fingerprint density at radius 2 is 2.15 bits per heavy atom. The summed E-state index contributed by atoms with van der Waals surface area (Å²) in [5.41, 5.74) is 9.06. The molecule has 0 bridgehead atoms. The minimum Gasteiger partial charge on any atom is -0.399 e. The molecule has 2 N–H and O–H groups in total. The van der Waals surface area contributed by atoms with Gasteiger partial charge in [-0.15, -0.1) is 5.10 Å². The van der Waals surface area contributed by atoms with Crippen LogP contribution in [0.2, 0.25) is 0 Å². The molecule has 1 saturated carbocycles. The predicted molar refractivity (Wildman–Crippen MR) is 79.1 cm³/mol. The van der Waals surface area contributed by atoms with E-state index >= 15 is 0 Å². The first-order valence-electron chi connectivity index (χ1n) is 7.13. The zero-order valence-electron chi connectivity index (χ0n) is 12.3. The Hall–Kier alpha value is -1.91. The van der Waals surface area contributed by atoms with Crippen LogP contribution in [-0.4, -0.2) is 20.2 Å². The van der Waals surface area contributed by atoms with Crippen molar-refractivity contribution >= 4 is 5.69 Å². The Kier molecular flexibility index (Phi) is 3.00. The molecule has 1 aliphatic rings. The van der Waals surface area contributed by atoms with Crippen LogP contribution in [0.15, 0.2) is 18.2 Å². The van der Waals surface area contributed by atoms with Crippen LogP contribution >= 0.6 is 0 Å². The highest BCUT2D eigenvalue weighted by molar-refractivity contribution is 5.65. The molecule has 1 aliphatic carbocycles. The molecule has 1 aromatic heterocycles. The van der Waals surface area contributed by atoms with E-state index in [9.17, 15) is 0 Å². The van der Waals surface area contributed by atoms with Gasteiger partial charge < -0.3 is 5.73 Å². The summed E-state index contributed by atoms with van der Waals surface area (Å²) in [6.07, 6.45) is 3.58. The van der Waals surface area contributed by atoms with Crippen molar-refractivity contribution in [2.45, 2.75) is 46.1 Å². The van der Waals surface area contributed by atoms with Gasteiger partial charge in [-0.2, -0.15) is 0 Å². The minimum atomic E-state index is 0.234. The lowest BCUT2D eigenvalue weighted by molar-refractivity contribution is 0.242. The van der Waals surface area contributed by atoms with Crippen molar-refractivity contribution in [3.8, 4) is 11.4 Å². The molecule has 0 saturated heterocycles. The Balaban J connectivity index is 2.09. The van der Waals surface area contributed by atoms with Crippen LogP contribution in [-0.2, 0) is 0 Å². The van der Waals surface area contributed by atoms with Gasteiger partial charge in [0.15, 0.2) is 5.82 Å². The number of tetrazole rings is 1. The number of aryl methyl sites for hydroxylation is 1. The normalized spacial score (nSPS) is 21.2. The van der Waals surface area contributed by atoms with Crippen LogP contribution in [0.3, 0.4) is 0 Å². The lowest BCUT2D eigenvalue weighted by Gasteiger charge is -2.27. The maximum atomic E-state index is 5.91. The molecular weight excluding hydrogens is 250 g/mol. The highest BCUT2D eigenvalue weighted by Gasteiger charge is 2.38. The molecule has 1 atom stereocenters. The third-order valence-electron chi connectivity index (χ3n) is 4.49. The lowest BCUT2D eigenvalue weighted by Crippen LogP contribution is -2.23. The molecule has 1 heterocycles. The zero-order chi connectivity index (χ0) is 14.3. The van der Waals surface area contributed by atoms with Crippen molar-refractivity contribution in [3.05, 3.63) is 23.8 Å². The van der Waals surface area contributed by atoms with Crippen LogP contribution in [0.25, 0.3) is 11.4 Å². The van der Waals surface area contributed by atoms with Gasteiger partial charge in [-0.25, -0.2) is 4.68 Å². The number of nitrogens with two attached hydrogens (primary N) is 1. The van der Waals surface area contributed by atoms with Gasteiger partial charge >= 0.3 is 0 Å². The van der Waals surface area contributed by atoms with Crippen LogP contribution in [0, 0.1) is 12.3 Å². The molecule has 106 valence electrons. The lowest BCUT2D eigenvalue weighted by atomic mass is 9.87. The number of hydrogen-bond acceptors (Lipinski definition) is 4. The summed E-state index contributed by atoms with van der Waals surface area (Å²) in [5.74, 6) is 0.828. The maximum absolute atomic E-state index is 5.91. The Bertz CT molecular complexity index is 629. The summed E-state index contributed by atoms with van der Waals surface area (Å²) in [7, 11) is 0. The van der Waals surface area contributed by atoms with Gasteiger partial charge in [0.2, 0.25) is 0 Å². The van der Waals surface area contributed by atoms with Crippen LogP contribution in [0.5, 0.6) is 0 Å². The van der Waals surface area contributed by atoms with E-state index in [0.29, 0.717) is 6.04 Å². The average molecular weight is 271 g/mol. The second-order valence-corrected chi connectivity index (χ2v) is 6.42. The predicted octanol–water partition coefficient (Wildman–Crippen LogP) is 2.98. The first-order chi connectivity index (χ1) is 9.49. The maximum Gasteiger partial charge on any atom is 0.182 e. The topological polar surface area (TPSA) is 69.6 Å². The van der Waals surface area contributed by atoms with Crippen molar-refractivity contribution in [2.75, 3.05) is 5.73 Å². The number of nitrogens with zero attached hydrogens (tertiary/aromatic N) is 4. The van der Waals surface area contributed by atoms with E-state index in [1.165, 1.54) is 12.8 Å². The standard InChI is InChI=1S/C15H21N5/c1-10-6-7-11(16)9-12(10)14-17-18-19-20(14)13-5-4-8-15(13,2)3/h6-7,9,13H,4-5,8,16H2,1-3H3. The van der Waals surface area contributed by atoms with E-state index in [2.05, 4.69) is 36.3 Å². The highest BCUT2D eigenvalue weighted by Crippen LogP contribution is 2.46. The Labute approximate surface area is 119 Å². The van der Waals surface area contributed by atoms with Gasteiger partial charge in [0.05, 0.1) is 6.04 Å². The van der Waals surface area contributed by atoms with Gasteiger partial charge in [0.1, 0.15) is 0 Å². The van der Waals surface area contributed by atoms with E-state index in [1.54, 1.807) is 0 Å².